The Morgan fingerprint density at radius 2 is 1.76 bits per heavy atom. The molecule has 4 rings (SSSR count). The summed E-state index contributed by atoms with van der Waals surface area (Å²) in [6.07, 6.45) is 2.41. The van der Waals surface area contributed by atoms with Gasteiger partial charge in [-0.3, -0.25) is 9.58 Å². The number of hydrogen-bond acceptors (Lipinski definition) is 5. The summed E-state index contributed by atoms with van der Waals surface area (Å²) < 4.78 is 13.9. The van der Waals surface area contributed by atoms with E-state index in [0.717, 1.165) is 61.9 Å². The molecule has 2 heterocycles. The van der Waals surface area contributed by atoms with Gasteiger partial charge in [-0.15, -0.1) is 0 Å². The monoisotopic (exact) mass is 463 g/mol. The zero-order valence-electron chi connectivity index (χ0n) is 20.7. The normalized spacial score (nSPS) is 19.1. The summed E-state index contributed by atoms with van der Waals surface area (Å²) in [4.78, 5) is 2.42. The van der Waals surface area contributed by atoms with E-state index in [2.05, 4.69) is 48.1 Å². The van der Waals surface area contributed by atoms with Crippen molar-refractivity contribution in [3.05, 3.63) is 77.1 Å². The second-order valence-corrected chi connectivity index (χ2v) is 9.60. The van der Waals surface area contributed by atoms with Gasteiger partial charge in [0, 0.05) is 18.8 Å². The fraction of sp³-hybridized carbons (Fsp3) is 0.464. The highest BCUT2D eigenvalue weighted by molar-refractivity contribution is 5.29. The van der Waals surface area contributed by atoms with E-state index in [0.29, 0.717) is 19.6 Å². The Bertz CT molecular complexity index is 1060. The first kappa shape index (κ1) is 24.3. The van der Waals surface area contributed by atoms with Crippen LogP contribution in [0.25, 0.3) is 0 Å². The quantitative estimate of drug-likeness (QED) is 0.499. The lowest BCUT2D eigenvalue weighted by atomic mass is 9.96. The van der Waals surface area contributed by atoms with Gasteiger partial charge in [0.25, 0.3) is 0 Å². The van der Waals surface area contributed by atoms with Crippen molar-refractivity contribution in [2.24, 2.45) is 0 Å². The summed E-state index contributed by atoms with van der Waals surface area (Å²) in [7, 11) is 0. The highest BCUT2D eigenvalue weighted by Crippen LogP contribution is 2.25. The molecule has 0 unspecified atom stereocenters. The first-order chi connectivity index (χ1) is 16.4. The average molecular weight is 464 g/mol. The topological polar surface area (TPSA) is 59.8 Å². The number of benzene rings is 2. The van der Waals surface area contributed by atoms with Crippen molar-refractivity contribution in [2.45, 2.75) is 58.7 Å². The van der Waals surface area contributed by atoms with Crippen molar-refractivity contribution >= 4 is 0 Å². The van der Waals surface area contributed by atoms with Crippen molar-refractivity contribution in [2.75, 3.05) is 26.3 Å². The molecule has 0 amide bonds. The number of likely N-dealkylation sites (tertiary alicyclic amines) is 1. The van der Waals surface area contributed by atoms with Gasteiger partial charge in [0.05, 0.1) is 17.8 Å². The van der Waals surface area contributed by atoms with Crippen LogP contribution in [0.3, 0.4) is 0 Å². The number of aryl methyl sites for hydroxylation is 3. The fourth-order valence-electron chi connectivity index (χ4n) is 4.53. The van der Waals surface area contributed by atoms with Gasteiger partial charge in [-0.2, -0.15) is 5.10 Å². The van der Waals surface area contributed by atoms with Crippen molar-refractivity contribution < 1.29 is 14.6 Å². The van der Waals surface area contributed by atoms with Gasteiger partial charge < -0.3 is 14.6 Å². The molecule has 6 nitrogen and oxygen atoms in total. The van der Waals surface area contributed by atoms with E-state index in [1.165, 1.54) is 11.1 Å². The van der Waals surface area contributed by atoms with Gasteiger partial charge in [0.1, 0.15) is 24.7 Å². The molecule has 0 spiro atoms. The molecule has 0 radical (unpaired) electrons. The minimum atomic E-state index is -0.784. The first-order valence-electron chi connectivity index (χ1n) is 12.3. The van der Waals surface area contributed by atoms with Crippen LogP contribution in [0, 0.1) is 20.8 Å². The summed E-state index contributed by atoms with van der Waals surface area (Å²) in [5.74, 6) is 1.70. The second kappa shape index (κ2) is 11.1. The molecule has 2 aromatic carbocycles. The van der Waals surface area contributed by atoms with Crippen LogP contribution < -0.4 is 9.47 Å². The minimum absolute atomic E-state index is 0.336. The minimum Gasteiger partial charge on any atom is -0.492 e. The predicted octanol–water partition coefficient (Wildman–Crippen LogP) is 4.68. The first-order valence-corrected chi connectivity index (χ1v) is 12.3. The van der Waals surface area contributed by atoms with Gasteiger partial charge in [0.15, 0.2) is 0 Å². The van der Waals surface area contributed by atoms with Crippen molar-refractivity contribution in [1.29, 1.82) is 0 Å². The summed E-state index contributed by atoms with van der Waals surface area (Å²) in [6.45, 7) is 10.5. The molecule has 1 aliphatic heterocycles. The molecule has 0 aliphatic carbocycles. The van der Waals surface area contributed by atoms with E-state index in [-0.39, 0.29) is 0 Å². The maximum atomic E-state index is 11.1. The summed E-state index contributed by atoms with van der Waals surface area (Å²) in [5.41, 5.74) is 3.83. The Morgan fingerprint density at radius 1 is 0.941 bits per heavy atom. The number of aromatic nitrogens is 2. The lowest BCUT2D eigenvalue weighted by Gasteiger charge is -2.27. The smallest absolute Gasteiger partial charge is 0.119 e. The van der Waals surface area contributed by atoms with Crippen molar-refractivity contribution in [3.63, 3.8) is 0 Å². The summed E-state index contributed by atoms with van der Waals surface area (Å²) in [5, 5.41) is 15.6. The summed E-state index contributed by atoms with van der Waals surface area (Å²) in [6, 6.07) is 18.4. The van der Waals surface area contributed by atoms with Crippen LogP contribution in [0.1, 0.15) is 41.8 Å². The molecular formula is C28H37N3O3. The standard InChI is InChI=1S/C28H37N3O3/c1-22-8-10-26(11-9-22)34-21-28(32)12-5-14-30(15-13-28)20-25-6-4-7-27(19-25)33-17-16-31-24(3)18-23(2)29-31/h4,6-11,18-19,32H,5,12-17,20-21H2,1-3H3/t28-/m1/s1. The Labute approximate surface area is 203 Å². The molecule has 0 bridgehead atoms. The predicted molar refractivity (Wildman–Crippen MR) is 134 cm³/mol. The fourth-order valence-corrected chi connectivity index (χ4v) is 4.53. The Kier molecular flexibility index (Phi) is 7.91. The van der Waals surface area contributed by atoms with Crippen molar-refractivity contribution in [1.82, 2.24) is 14.7 Å². The third-order valence-electron chi connectivity index (χ3n) is 6.52. The molecule has 6 heteroatoms. The van der Waals surface area contributed by atoms with E-state index in [9.17, 15) is 5.11 Å². The number of rotatable bonds is 9. The van der Waals surface area contributed by atoms with Crippen LogP contribution in [0.5, 0.6) is 11.5 Å². The lowest BCUT2D eigenvalue weighted by molar-refractivity contribution is -0.0168. The van der Waals surface area contributed by atoms with Crippen LogP contribution >= 0.6 is 0 Å². The van der Waals surface area contributed by atoms with Gasteiger partial charge >= 0.3 is 0 Å². The molecule has 1 atom stereocenters. The molecule has 1 fully saturated rings. The molecule has 1 aliphatic rings. The molecular weight excluding hydrogens is 426 g/mol. The van der Waals surface area contributed by atoms with Crippen molar-refractivity contribution in [3.8, 4) is 11.5 Å². The molecule has 1 N–H and O–H groups in total. The Balaban J connectivity index is 1.26. The Morgan fingerprint density at radius 3 is 2.53 bits per heavy atom. The number of hydrogen-bond donors (Lipinski definition) is 1. The third-order valence-corrected chi connectivity index (χ3v) is 6.52. The van der Waals surface area contributed by atoms with E-state index < -0.39 is 5.60 Å². The van der Waals surface area contributed by atoms with Gasteiger partial charge in [-0.1, -0.05) is 29.8 Å². The van der Waals surface area contributed by atoms with E-state index >= 15 is 0 Å². The zero-order valence-corrected chi connectivity index (χ0v) is 20.7. The molecule has 0 saturated carbocycles. The van der Waals surface area contributed by atoms with Crippen LogP contribution in [0.15, 0.2) is 54.6 Å². The highest BCUT2D eigenvalue weighted by atomic mass is 16.5. The maximum absolute atomic E-state index is 11.1. The zero-order chi connectivity index (χ0) is 24.0. The molecule has 182 valence electrons. The average Bonchev–Trinajstić information content (AvgIpc) is 3.02. The van der Waals surface area contributed by atoms with E-state index in [4.69, 9.17) is 9.47 Å². The number of nitrogens with zero attached hydrogens (tertiary/aromatic N) is 3. The lowest BCUT2D eigenvalue weighted by Crippen LogP contribution is -2.37. The number of ether oxygens (including phenoxy) is 2. The largest absolute Gasteiger partial charge is 0.492 e. The Hall–Kier alpha value is -2.83. The summed E-state index contributed by atoms with van der Waals surface area (Å²) >= 11 is 0. The van der Waals surface area contributed by atoms with Gasteiger partial charge in [-0.05, 0) is 82.5 Å². The SMILES string of the molecule is Cc1ccc(OC[C@@]2(O)CCCN(Cc3cccc(OCCn4nc(C)cc4C)c3)CC2)cc1. The maximum Gasteiger partial charge on any atom is 0.119 e. The molecule has 3 aromatic rings. The second-order valence-electron chi connectivity index (χ2n) is 9.60. The van der Waals surface area contributed by atoms with Crippen LogP contribution in [0.2, 0.25) is 0 Å². The number of aliphatic hydroxyl groups is 1. The van der Waals surface area contributed by atoms with Gasteiger partial charge in [-0.25, -0.2) is 0 Å². The molecule has 1 saturated heterocycles. The van der Waals surface area contributed by atoms with Gasteiger partial charge in [0.2, 0.25) is 0 Å². The van der Waals surface area contributed by atoms with E-state index in [1.807, 2.05) is 41.9 Å². The molecule has 34 heavy (non-hydrogen) atoms. The third kappa shape index (κ3) is 6.84. The van der Waals surface area contributed by atoms with Crippen LogP contribution in [0.4, 0.5) is 0 Å². The highest BCUT2D eigenvalue weighted by Gasteiger charge is 2.31. The van der Waals surface area contributed by atoms with Crippen LogP contribution in [-0.4, -0.2) is 51.7 Å². The molecule has 1 aromatic heterocycles. The van der Waals surface area contributed by atoms with E-state index in [1.54, 1.807) is 0 Å². The van der Waals surface area contributed by atoms with Crippen LogP contribution in [-0.2, 0) is 13.1 Å².